The lowest BCUT2D eigenvalue weighted by Crippen LogP contribution is -2.43. The van der Waals surface area contributed by atoms with E-state index in [0.717, 1.165) is 5.56 Å². The highest BCUT2D eigenvalue weighted by molar-refractivity contribution is 5.81. The molecule has 0 radical (unpaired) electrons. The second-order valence-electron chi connectivity index (χ2n) is 4.48. The van der Waals surface area contributed by atoms with Crippen LogP contribution >= 0.6 is 0 Å². The molecule has 0 aliphatic rings. The minimum atomic E-state index is -0.426. The Morgan fingerprint density at radius 2 is 2.12 bits per heavy atom. The lowest BCUT2D eigenvalue weighted by atomic mass is 10.0. The highest BCUT2D eigenvalue weighted by Gasteiger charge is 2.16. The molecular weight excluding hydrogens is 200 g/mol. The van der Waals surface area contributed by atoms with Crippen LogP contribution in [0.15, 0.2) is 24.3 Å². The molecule has 16 heavy (non-hydrogen) atoms. The Hall–Kier alpha value is -1.35. The molecule has 0 aliphatic heterocycles. The number of nitrogens with two attached hydrogens (primary N) is 1. The standard InChI is InChI=1S/C13H20N2O/c1-9(2)12(14)13(16)15-8-11-6-4-5-10(3)7-11/h4-7,9,12H,8,14H2,1-3H3,(H,15,16)/t12-/m0/s1. The molecule has 0 saturated heterocycles. The zero-order chi connectivity index (χ0) is 12.1. The summed E-state index contributed by atoms with van der Waals surface area (Å²) in [5, 5.41) is 2.84. The van der Waals surface area contributed by atoms with Crippen LogP contribution < -0.4 is 11.1 Å². The van der Waals surface area contributed by atoms with Gasteiger partial charge in [-0.1, -0.05) is 43.7 Å². The van der Waals surface area contributed by atoms with E-state index in [-0.39, 0.29) is 11.8 Å². The first-order valence-corrected chi connectivity index (χ1v) is 5.59. The van der Waals surface area contributed by atoms with Gasteiger partial charge in [0.15, 0.2) is 0 Å². The highest BCUT2D eigenvalue weighted by atomic mass is 16.2. The van der Waals surface area contributed by atoms with E-state index >= 15 is 0 Å². The first kappa shape index (κ1) is 12.7. The zero-order valence-corrected chi connectivity index (χ0v) is 10.2. The van der Waals surface area contributed by atoms with Crippen molar-refractivity contribution >= 4 is 5.91 Å². The maximum absolute atomic E-state index is 11.6. The fraction of sp³-hybridized carbons (Fsp3) is 0.462. The van der Waals surface area contributed by atoms with Gasteiger partial charge in [-0.2, -0.15) is 0 Å². The topological polar surface area (TPSA) is 55.1 Å². The number of benzene rings is 1. The van der Waals surface area contributed by atoms with Crippen LogP contribution in [0.1, 0.15) is 25.0 Å². The van der Waals surface area contributed by atoms with Gasteiger partial charge in [-0.3, -0.25) is 4.79 Å². The number of hydrogen-bond acceptors (Lipinski definition) is 2. The third-order valence-electron chi connectivity index (χ3n) is 2.57. The largest absolute Gasteiger partial charge is 0.351 e. The molecule has 3 N–H and O–H groups in total. The van der Waals surface area contributed by atoms with E-state index in [2.05, 4.69) is 11.4 Å². The van der Waals surface area contributed by atoms with E-state index < -0.39 is 6.04 Å². The molecule has 0 aromatic heterocycles. The van der Waals surface area contributed by atoms with Crippen molar-refractivity contribution < 1.29 is 4.79 Å². The van der Waals surface area contributed by atoms with Gasteiger partial charge in [0.25, 0.3) is 0 Å². The molecular formula is C13H20N2O. The quantitative estimate of drug-likeness (QED) is 0.809. The molecule has 0 fully saturated rings. The summed E-state index contributed by atoms with van der Waals surface area (Å²) >= 11 is 0. The van der Waals surface area contributed by atoms with Crippen molar-refractivity contribution in [1.29, 1.82) is 0 Å². The number of carbonyl (C=O) groups is 1. The Morgan fingerprint density at radius 3 is 2.69 bits per heavy atom. The van der Waals surface area contributed by atoms with Crippen LogP contribution in [-0.4, -0.2) is 11.9 Å². The van der Waals surface area contributed by atoms with Gasteiger partial charge in [-0.25, -0.2) is 0 Å². The number of nitrogens with one attached hydrogen (secondary N) is 1. The third-order valence-corrected chi connectivity index (χ3v) is 2.57. The SMILES string of the molecule is Cc1cccc(CNC(=O)[C@@H](N)C(C)C)c1. The van der Waals surface area contributed by atoms with Gasteiger partial charge >= 0.3 is 0 Å². The van der Waals surface area contributed by atoms with Gasteiger partial charge in [0.2, 0.25) is 5.91 Å². The van der Waals surface area contributed by atoms with Crippen molar-refractivity contribution in [2.24, 2.45) is 11.7 Å². The molecule has 1 aromatic rings. The predicted molar refractivity (Wildman–Crippen MR) is 65.8 cm³/mol. The summed E-state index contributed by atoms with van der Waals surface area (Å²) in [6, 6.07) is 7.64. The Bertz CT molecular complexity index is 361. The lowest BCUT2D eigenvalue weighted by Gasteiger charge is -2.15. The van der Waals surface area contributed by atoms with Crippen molar-refractivity contribution in [1.82, 2.24) is 5.32 Å². The number of amides is 1. The van der Waals surface area contributed by atoms with E-state index in [4.69, 9.17) is 5.73 Å². The van der Waals surface area contributed by atoms with Crippen LogP contribution in [0, 0.1) is 12.8 Å². The number of rotatable bonds is 4. The van der Waals surface area contributed by atoms with E-state index in [1.54, 1.807) is 0 Å². The molecule has 88 valence electrons. The first-order valence-electron chi connectivity index (χ1n) is 5.59. The van der Waals surface area contributed by atoms with Gasteiger partial charge in [-0.15, -0.1) is 0 Å². The van der Waals surface area contributed by atoms with Crippen molar-refractivity contribution in [3.05, 3.63) is 35.4 Å². The van der Waals surface area contributed by atoms with Gasteiger partial charge in [0, 0.05) is 6.54 Å². The summed E-state index contributed by atoms with van der Waals surface area (Å²) in [4.78, 5) is 11.6. The van der Waals surface area contributed by atoms with Crippen LogP contribution in [0.25, 0.3) is 0 Å². The first-order chi connectivity index (χ1) is 7.50. The van der Waals surface area contributed by atoms with E-state index in [9.17, 15) is 4.79 Å². The van der Waals surface area contributed by atoms with Crippen molar-refractivity contribution in [2.75, 3.05) is 0 Å². The number of hydrogen-bond donors (Lipinski definition) is 2. The zero-order valence-electron chi connectivity index (χ0n) is 10.2. The second-order valence-corrected chi connectivity index (χ2v) is 4.48. The van der Waals surface area contributed by atoms with Crippen molar-refractivity contribution in [2.45, 2.75) is 33.4 Å². The number of carbonyl (C=O) groups excluding carboxylic acids is 1. The van der Waals surface area contributed by atoms with Crippen LogP contribution in [0.5, 0.6) is 0 Å². The Kier molecular flexibility index (Phi) is 4.50. The van der Waals surface area contributed by atoms with Crippen molar-refractivity contribution in [3.63, 3.8) is 0 Å². The predicted octanol–water partition coefficient (Wildman–Crippen LogP) is 1.59. The van der Waals surface area contributed by atoms with E-state index in [1.165, 1.54) is 5.56 Å². The molecule has 0 spiro atoms. The Labute approximate surface area is 97.0 Å². The van der Waals surface area contributed by atoms with Gasteiger partial charge in [0.05, 0.1) is 6.04 Å². The molecule has 1 aromatic carbocycles. The summed E-state index contributed by atoms with van der Waals surface area (Å²) in [5.41, 5.74) is 8.04. The average molecular weight is 220 g/mol. The summed E-state index contributed by atoms with van der Waals surface area (Å²) in [6.45, 7) is 6.46. The van der Waals surface area contributed by atoms with Gasteiger partial charge < -0.3 is 11.1 Å². The molecule has 1 rings (SSSR count). The molecule has 1 amide bonds. The molecule has 0 heterocycles. The summed E-state index contributed by atoms with van der Waals surface area (Å²) in [7, 11) is 0. The fourth-order valence-corrected chi connectivity index (χ4v) is 1.43. The minimum Gasteiger partial charge on any atom is -0.351 e. The average Bonchev–Trinajstić information content (AvgIpc) is 2.24. The molecule has 3 heteroatoms. The van der Waals surface area contributed by atoms with Gasteiger partial charge in [0.1, 0.15) is 0 Å². The van der Waals surface area contributed by atoms with E-state index in [1.807, 2.05) is 39.0 Å². The smallest absolute Gasteiger partial charge is 0.237 e. The van der Waals surface area contributed by atoms with Crippen molar-refractivity contribution in [3.8, 4) is 0 Å². The highest BCUT2D eigenvalue weighted by Crippen LogP contribution is 2.04. The fourth-order valence-electron chi connectivity index (χ4n) is 1.43. The summed E-state index contributed by atoms with van der Waals surface area (Å²) in [6.07, 6.45) is 0. The minimum absolute atomic E-state index is 0.0866. The molecule has 3 nitrogen and oxygen atoms in total. The Balaban J connectivity index is 2.49. The summed E-state index contributed by atoms with van der Waals surface area (Å²) in [5.74, 6) is 0.0778. The van der Waals surface area contributed by atoms with Gasteiger partial charge in [-0.05, 0) is 18.4 Å². The molecule has 1 atom stereocenters. The number of aryl methyl sites for hydroxylation is 1. The Morgan fingerprint density at radius 1 is 1.44 bits per heavy atom. The second kappa shape index (κ2) is 5.66. The van der Waals surface area contributed by atoms with Crippen LogP contribution in [-0.2, 0) is 11.3 Å². The normalized spacial score (nSPS) is 12.6. The lowest BCUT2D eigenvalue weighted by molar-refractivity contribution is -0.123. The van der Waals surface area contributed by atoms with Crippen LogP contribution in [0.2, 0.25) is 0 Å². The molecule has 0 aliphatic carbocycles. The molecule has 0 unspecified atom stereocenters. The van der Waals surface area contributed by atoms with Crippen LogP contribution in [0.3, 0.4) is 0 Å². The maximum atomic E-state index is 11.6. The maximum Gasteiger partial charge on any atom is 0.237 e. The van der Waals surface area contributed by atoms with E-state index in [0.29, 0.717) is 6.54 Å². The summed E-state index contributed by atoms with van der Waals surface area (Å²) < 4.78 is 0. The monoisotopic (exact) mass is 220 g/mol. The van der Waals surface area contributed by atoms with Crippen LogP contribution in [0.4, 0.5) is 0 Å². The molecule has 0 saturated carbocycles. The third kappa shape index (κ3) is 3.66. The molecule has 0 bridgehead atoms.